The van der Waals surface area contributed by atoms with Gasteiger partial charge in [0.15, 0.2) is 16.6 Å². The summed E-state index contributed by atoms with van der Waals surface area (Å²) < 4.78 is 23.3. The molecule has 3 aromatic heterocycles. The Balaban J connectivity index is 1.07. The van der Waals surface area contributed by atoms with E-state index in [0.717, 1.165) is 81.2 Å². The molecular weight excluding hydrogens is 568 g/mol. The molecule has 0 radical (unpaired) electrons. The van der Waals surface area contributed by atoms with E-state index in [-0.39, 0.29) is 5.91 Å². The van der Waals surface area contributed by atoms with E-state index in [1.54, 1.807) is 43.1 Å². The fourth-order valence-corrected chi connectivity index (χ4v) is 6.07. The van der Waals surface area contributed by atoms with E-state index in [9.17, 15) is 4.79 Å². The molecule has 11 nitrogen and oxygen atoms in total. The van der Waals surface area contributed by atoms with Crippen LogP contribution in [0.25, 0.3) is 10.9 Å². The van der Waals surface area contributed by atoms with Crippen LogP contribution in [-0.2, 0) is 4.74 Å². The van der Waals surface area contributed by atoms with Gasteiger partial charge >= 0.3 is 0 Å². The molecule has 1 amide bonds. The van der Waals surface area contributed by atoms with Crippen LogP contribution < -0.4 is 24.4 Å². The average Bonchev–Trinajstić information content (AvgIpc) is 3.56. The van der Waals surface area contributed by atoms with E-state index in [4.69, 9.17) is 18.9 Å². The molecule has 2 fully saturated rings. The van der Waals surface area contributed by atoms with Gasteiger partial charge < -0.3 is 29.2 Å². The number of amides is 1. The zero-order chi connectivity index (χ0) is 29.4. The summed E-state index contributed by atoms with van der Waals surface area (Å²) in [5.41, 5.74) is 1.12. The lowest BCUT2D eigenvalue weighted by Gasteiger charge is -2.26. The maximum absolute atomic E-state index is 12.8. The first-order chi connectivity index (χ1) is 21.2. The molecule has 0 bridgehead atoms. The van der Waals surface area contributed by atoms with Gasteiger partial charge in [-0.05, 0) is 49.9 Å². The highest BCUT2D eigenvalue weighted by Gasteiger charge is 2.18. The maximum Gasteiger partial charge on any atom is 0.276 e. The summed E-state index contributed by atoms with van der Waals surface area (Å²) >= 11 is 1.50. The standard InChI is InChI=1S/C31H36N6O5S/c1-39-27-18-23-24(19-28(27)41-15-5-10-36-13-16-40-17-14-36)32-9-8-26(23)42-22-6-7-29(33-20-22)35-30(38)25-21-43-31(34-25)37-11-3-2-4-12-37/h6-9,18-21H,2-5,10-17H2,1H3,(H,33,35,38). The SMILES string of the molecule is COc1cc2c(Oc3ccc(NC(=O)c4csc(N5CCCCC5)n4)nc3)ccnc2cc1OCCCN1CCOCC1. The summed E-state index contributed by atoms with van der Waals surface area (Å²) in [6.45, 7) is 7.03. The Labute approximate surface area is 254 Å². The van der Waals surface area contributed by atoms with Gasteiger partial charge in [0.25, 0.3) is 5.91 Å². The van der Waals surface area contributed by atoms with Crippen molar-refractivity contribution in [1.82, 2.24) is 19.9 Å². The van der Waals surface area contributed by atoms with Crippen molar-refractivity contribution in [2.75, 3.05) is 69.9 Å². The number of carbonyl (C=O) groups excluding carboxylic acids is 1. The van der Waals surface area contributed by atoms with Crippen molar-refractivity contribution in [2.45, 2.75) is 25.7 Å². The van der Waals surface area contributed by atoms with Crippen LogP contribution in [0.3, 0.4) is 0 Å². The Morgan fingerprint density at radius 1 is 1.02 bits per heavy atom. The van der Waals surface area contributed by atoms with Crippen molar-refractivity contribution < 1.29 is 23.7 Å². The van der Waals surface area contributed by atoms with E-state index in [1.165, 1.54) is 17.8 Å². The lowest BCUT2D eigenvalue weighted by atomic mass is 10.1. The Bertz CT molecular complexity index is 1520. The monoisotopic (exact) mass is 604 g/mol. The third kappa shape index (κ3) is 7.32. The van der Waals surface area contributed by atoms with Crippen LogP contribution in [0.2, 0.25) is 0 Å². The summed E-state index contributed by atoms with van der Waals surface area (Å²) in [6.07, 6.45) is 7.75. The fraction of sp³-hybridized carbons (Fsp3) is 0.419. The topological polar surface area (TPSA) is 111 Å². The molecule has 2 saturated heterocycles. The summed E-state index contributed by atoms with van der Waals surface area (Å²) in [6, 6.07) is 9.02. The van der Waals surface area contributed by atoms with Gasteiger partial charge in [-0.2, -0.15) is 0 Å². The van der Waals surface area contributed by atoms with E-state index in [2.05, 4.69) is 30.1 Å². The minimum Gasteiger partial charge on any atom is -0.493 e. The smallest absolute Gasteiger partial charge is 0.276 e. The molecule has 0 spiro atoms. The highest BCUT2D eigenvalue weighted by molar-refractivity contribution is 7.14. The number of piperidine rings is 1. The predicted octanol–water partition coefficient (Wildman–Crippen LogP) is 5.23. The molecule has 2 aliphatic rings. The molecule has 1 aromatic carbocycles. The van der Waals surface area contributed by atoms with Gasteiger partial charge in [0.1, 0.15) is 23.0 Å². The molecule has 5 heterocycles. The number of anilines is 2. The van der Waals surface area contributed by atoms with Gasteiger partial charge in [-0.1, -0.05) is 0 Å². The molecule has 0 unspecified atom stereocenters. The zero-order valence-electron chi connectivity index (χ0n) is 24.3. The number of rotatable bonds is 11. The molecular formula is C31H36N6O5S. The number of benzene rings is 1. The zero-order valence-corrected chi connectivity index (χ0v) is 25.1. The van der Waals surface area contributed by atoms with Crippen LogP contribution in [-0.4, -0.2) is 85.4 Å². The normalized spacial score (nSPS) is 15.8. The van der Waals surface area contributed by atoms with Crippen LogP contribution >= 0.6 is 11.3 Å². The third-order valence-corrected chi connectivity index (χ3v) is 8.43. The van der Waals surface area contributed by atoms with Crippen molar-refractivity contribution in [3.8, 4) is 23.0 Å². The van der Waals surface area contributed by atoms with Gasteiger partial charge in [-0.3, -0.25) is 14.7 Å². The molecule has 43 heavy (non-hydrogen) atoms. The van der Waals surface area contributed by atoms with E-state index in [1.807, 2.05) is 12.1 Å². The third-order valence-electron chi connectivity index (χ3n) is 7.52. The van der Waals surface area contributed by atoms with Gasteiger partial charge in [-0.15, -0.1) is 11.3 Å². The van der Waals surface area contributed by atoms with E-state index < -0.39 is 0 Å². The first-order valence-electron chi connectivity index (χ1n) is 14.7. The first kappa shape index (κ1) is 29.1. The number of carbonyl (C=O) groups is 1. The number of hydrogen-bond donors (Lipinski definition) is 1. The quantitative estimate of drug-likeness (QED) is 0.229. The molecule has 1 N–H and O–H groups in total. The minimum atomic E-state index is -0.285. The molecule has 12 heteroatoms. The van der Waals surface area contributed by atoms with Gasteiger partial charge in [0.2, 0.25) is 0 Å². The number of nitrogens with one attached hydrogen (secondary N) is 1. The number of ether oxygens (including phenoxy) is 4. The number of hydrogen-bond acceptors (Lipinski definition) is 11. The fourth-order valence-electron chi connectivity index (χ4n) is 5.21. The minimum absolute atomic E-state index is 0.285. The summed E-state index contributed by atoms with van der Waals surface area (Å²) in [7, 11) is 1.62. The number of thiazole rings is 1. The highest BCUT2D eigenvalue weighted by atomic mass is 32.1. The largest absolute Gasteiger partial charge is 0.493 e. The molecule has 6 rings (SSSR count). The number of nitrogens with zero attached hydrogens (tertiary/aromatic N) is 5. The first-order valence-corrected chi connectivity index (χ1v) is 15.6. The highest BCUT2D eigenvalue weighted by Crippen LogP contribution is 2.37. The number of morpholine rings is 1. The van der Waals surface area contributed by atoms with Crippen molar-refractivity contribution in [3.63, 3.8) is 0 Å². The molecule has 0 atom stereocenters. The van der Waals surface area contributed by atoms with Crippen LogP contribution in [0.15, 0.2) is 48.1 Å². The average molecular weight is 605 g/mol. The van der Waals surface area contributed by atoms with Crippen LogP contribution in [0.1, 0.15) is 36.2 Å². The van der Waals surface area contributed by atoms with Gasteiger partial charge in [0, 0.05) is 55.8 Å². The van der Waals surface area contributed by atoms with E-state index >= 15 is 0 Å². The lowest BCUT2D eigenvalue weighted by molar-refractivity contribution is 0.0357. The number of pyridine rings is 2. The molecule has 0 saturated carbocycles. The second kappa shape index (κ2) is 14.0. The number of fused-ring (bicyclic) bond motifs is 1. The van der Waals surface area contributed by atoms with Crippen molar-refractivity contribution in [3.05, 3.63) is 53.8 Å². The van der Waals surface area contributed by atoms with Crippen molar-refractivity contribution in [2.24, 2.45) is 0 Å². The van der Waals surface area contributed by atoms with Crippen molar-refractivity contribution >= 4 is 39.1 Å². The van der Waals surface area contributed by atoms with Gasteiger partial charge in [0.05, 0.1) is 38.6 Å². The van der Waals surface area contributed by atoms with Crippen LogP contribution in [0.5, 0.6) is 23.0 Å². The summed E-state index contributed by atoms with van der Waals surface area (Å²) in [5.74, 6) is 2.51. The molecule has 2 aliphatic heterocycles. The molecule has 4 aromatic rings. The predicted molar refractivity (Wildman–Crippen MR) is 166 cm³/mol. The second-order valence-electron chi connectivity index (χ2n) is 10.5. The number of aromatic nitrogens is 3. The maximum atomic E-state index is 12.8. The van der Waals surface area contributed by atoms with Crippen LogP contribution in [0.4, 0.5) is 10.9 Å². The van der Waals surface area contributed by atoms with Gasteiger partial charge in [-0.25, -0.2) is 9.97 Å². The summed E-state index contributed by atoms with van der Waals surface area (Å²) in [5, 5.41) is 6.30. The Morgan fingerprint density at radius 3 is 2.67 bits per heavy atom. The summed E-state index contributed by atoms with van der Waals surface area (Å²) in [4.78, 5) is 30.9. The second-order valence-corrected chi connectivity index (χ2v) is 11.3. The molecule has 0 aliphatic carbocycles. The lowest BCUT2D eigenvalue weighted by Crippen LogP contribution is -2.37. The molecule has 226 valence electrons. The van der Waals surface area contributed by atoms with Crippen molar-refractivity contribution in [1.29, 1.82) is 0 Å². The Morgan fingerprint density at radius 2 is 1.88 bits per heavy atom. The Hall–Kier alpha value is -4.00. The van der Waals surface area contributed by atoms with Crippen LogP contribution in [0, 0.1) is 0 Å². The number of methoxy groups -OCH3 is 1. The Kier molecular flexibility index (Phi) is 9.46. The van der Waals surface area contributed by atoms with E-state index in [0.29, 0.717) is 41.1 Å².